The van der Waals surface area contributed by atoms with Gasteiger partial charge in [-0.3, -0.25) is 0 Å². The van der Waals surface area contributed by atoms with Crippen molar-refractivity contribution in [1.82, 2.24) is 5.32 Å². The molecule has 106 valence electrons. The lowest BCUT2D eigenvalue weighted by Gasteiger charge is -2.25. The lowest BCUT2D eigenvalue weighted by atomic mass is 9.82. The predicted octanol–water partition coefficient (Wildman–Crippen LogP) is 3.97. The summed E-state index contributed by atoms with van der Waals surface area (Å²) in [6.07, 6.45) is 6.85. The third-order valence-corrected chi connectivity index (χ3v) is 4.24. The monoisotopic (exact) mass is 261 g/mol. The van der Waals surface area contributed by atoms with Crippen molar-refractivity contribution >= 4 is 0 Å². The van der Waals surface area contributed by atoms with E-state index < -0.39 is 0 Å². The number of benzene rings is 1. The van der Waals surface area contributed by atoms with Crippen LogP contribution in [0.3, 0.4) is 0 Å². The zero-order chi connectivity index (χ0) is 13.5. The third-order valence-electron chi connectivity index (χ3n) is 4.24. The first-order valence-electron chi connectivity index (χ1n) is 7.72. The molecule has 0 radical (unpaired) electrons. The highest BCUT2D eigenvalue weighted by Crippen LogP contribution is 2.36. The molecule has 0 heterocycles. The van der Waals surface area contributed by atoms with Crippen LogP contribution in [0.15, 0.2) is 24.3 Å². The van der Waals surface area contributed by atoms with E-state index in [2.05, 4.69) is 36.6 Å². The van der Waals surface area contributed by atoms with Gasteiger partial charge in [0.1, 0.15) is 5.75 Å². The van der Waals surface area contributed by atoms with E-state index in [1.807, 2.05) is 6.92 Å². The largest absolute Gasteiger partial charge is 0.494 e. The molecular formula is C17H27NO. The predicted molar refractivity (Wildman–Crippen MR) is 80.9 cm³/mol. The minimum absolute atomic E-state index is 0.714. The molecule has 0 spiro atoms. The minimum Gasteiger partial charge on any atom is -0.494 e. The molecule has 2 rings (SSSR count). The number of ether oxygens (including phenoxy) is 1. The molecule has 0 saturated heterocycles. The highest BCUT2D eigenvalue weighted by atomic mass is 16.5. The molecule has 1 aromatic rings. The molecule has 1 fully saturated rings. The number of hydrogen-bond donors (Lipinski definition) is 1. The fraction of sp³-hybridized carbons (Fsp3) is 0.647. The summed E-state index contributed by atoms with van der Waals surface area (Å²) in [5.41, 5.74) is 1.49. The van der Waals surface area contributed by atoms with Gasteiger partial charge in [-0.2, -0.15) is 0 Å². The molecule has 2 nitrogen and oxygen atoms in total. The maximum Gasteiger partial charge on any atom is 0.119 e. The van der Waals surface area contributed by atoms with Crippen LogP contribution in [0, 0.1) is 5.92 Å². The van der Waals surface area contributed by atoms with Crippen molar-refractivity contribution in [2.24, 2.45) is 5.92 Å². The van der Waals surface area contributed by atoms with Crippen LogP contribution in [0.2, 0.25) is 0 Å². The molecule has 2 unspecified atom stereocenters. The standard InChI is InChI=1S/C17H27NO/c1-3-19-16-11-9-14(10-12-16)17-8-6-4-5-7-15(17)13-18-2/h9-12,15,17-18H,3-8,13H2,1-2H3. The van der Waals surface area contributed by atoms with Gasteiger partial charge in [0.25, 0.3) is 0 Å². The van der Waals surface area contributed by atoms with Crippen molar-refractivity contribution < 1.29 is 4.74 Å². The quantitative estimate of drug-likeness (QED) is 0.810. The Balaban J connectivity index is 2.11. The summed E-state index contributed by atoms with van der Waals surface area (Å²) < 4.78 is 5.53. The highest BCUT2D eigenvalue weighted by Gasteiger charge is 2.24. The van der Waals surface area contributed by atoms with Gasteiger partial charge in [0.15, 0.2) is 0 Å². The lowest BCUT2D eigenvalue weighted by molar-refractivity contribution is 0.339. The molecule has 1 aliphatic carbocycles. The molecule has 1 aromatic carbocycles. The van der Waals surface area contributed by atoms with Gasteiger partial charge in [-0.1, -0.05) is 31.4 Å². The summed E-state index contributed by atoms with van der Waals surface area (Å²) in [4.78, 5) is 0. The van der Waals surface area contributed by atoms with Crippen molar-refractivity contribution in [2.75, 3.05) is 20.2 Å². The summed E-state index contributed by atoms with van der Waals surface area (Å²) in [6, 6.07) is 8.79. The van der Waals surface area contributed by atoms with Crippen LogP contribution in [0.25, 0.3) is 0 Å². The van der Waals surface area contributed by atoms with Gasteiger partial charge < -0.3 is 10.1 Å². The summed E-state index contributed by atoms with van der Waals surface area (Å²) in [6.45, 7) is 3.91. The molecule has 1 saturated carbocycles. The van der Waals surface area contributed by atoms with E-state index in [1.54, 1.807) is 0 Å². The number of hydrogen-bond acceptors (Lipinski definition) is 2. The zero-order valence-electron chi connectivity index (χ0n) is 12.3. The molecule has 0 aliphatic heterocycles. The lowest BCUT2D eigenvalue weighted by Crippen LogP contribution is -2.24. The van der Waals surface area contributed by atoms with Crippen LogP contribution in [-0.4, -0.2) is 20.2 Å². The first kappa shape index (κ1) is 14.4. The zero-order valence-corrected chi connectivity index (χ0v) is 12.3. The second kappa shape index (κ2) is 7.54. The highest BCUT2D eigenvalue weighted by molar-refractivity contribution is 5.30. The summed E-state index contributed by atoms with van der Waals surface area (Å²) in [7, 11) is 2.07. The van der Waals surface area contributed by atoms with E-state index in [9.17, 15) is 0 Å². The second-order valence-electron chi connectivity index (χ2n) is 5.56. The van der Waals surface area contributed by atoms with Crippen LogP contribution in [-0.2, 0) is 0 Å². The van der Waals surface area contributed by atoms with Crippen molar-refractivity contribution in [3.63, 3.8) is 0 Å². The Hall–Kier alpha value is -1.02. The topological polar surface area (TPSA) is 21.3 Å². The fourth-order valence-electron chi connectivity index (χ4n) is 3.31. The van der Waals surface area contributed by atoms with Gasteiger partial charge in [-0.05, 0) is 62.9 Å². The van der Waals surface area contributed by atoms with E-state index in [4.69, 9.17) is 4.74 Å². The van der Waals surface area contributed by atoms with Crippen LogP contribution in [0.1, 0.15) is 50.5 Å². The first-order valence-corrected chi connectivity index (χ1v) is 7.72. The van der Waals surface area contributed by atoms with E-state index >= 15 is 0 Å². The van der Waals surface area contributed by atoms with Gasteiger partial charge in [0.2, 0.25) is 0 Å². The van der Waals surface area contributed by atoms with Gasteiger partial charge in [-0.25, -0.2) is 0 Å². The maximum absolute atomic E-state index is 5.53. The Morgan fingerprint density at radius 2 is 1.84 bits per heavy atom. The van der Waals surface area contributed by atoms with Gasteiger partial charge in [0.05, 0.1) is 6.61 Å². The molecule has 0 bridgehead atoms. The fourth-order valence-corrected chi connectivity index (χ4v) is 3.31. The van der Waals surface area contributed by atoms with Gasteiger partial charge in [0, 0.05) is 0 Å². The average Bonchev–Trinajstić information content (AvgIpc) is 2.66. The molecule has 19 heavy (non-hydrogen) atoms. The van der Waals surface area contributed by atoms with Crippen LogP contribution in [0.4, 0.5) is 0 Å². The Morgan fingerprint density at radius 1 is 1.11 bits per heavy atom. The summed E-state index contributed by atoms with van der Waals surface area (Å²) in [5, 5.41) is 3.37. The molecule has 0 amide bonds. The maximum atomic E-state index is 5.53. The van der Waals surface area contributed by atoms with Gasteiger partial charge in [-0.15, -0.1) is 0 Å². The second-order valence-corrected chi connectivity index (χ2v) is 5.56. The molecule has 2 atom stereocenters. The third kappa shape index (κ3) is 3.97. The van der Waals surface area contributed by atoms with Crippen molar-refractivity contribution in [3.05, 3.63) is 29.8 Å². The molecule has 0 aromatic heterocycles. The van der Waals surface area contributed by atoms with Crippen LogP contribution >= 0.6 is 0 Å². The van der Waals surface area contributed by atoms with Crippen LogP contribution in [0.5, 0.6) is 5.75 Å². The van der Waals surface area contributed by atoms with E-state index in [0.29, 0.717) is 5.92 Å². The average molecular weight is 261 g/mol. The summed E-state index contributed by atoms with van der Waals surface area (Å²) >= 11 is 0. The van der Waals surface area contributed by atoms with Gasteiger partial charge >= 0.3 is 0 Å². The smallest absolute Gasteiger partial charge is 0.119 e. The summed E-state index contributed by atoms with van der Waals surface area (Å²) in [5.74, 6) is 2.49. The Kier molecular flexibility index (Phi) is 5.71. The molecule has 1 aliphatic rings. The van der Waals surface area contributed by atoms with Crippen molar-refractivity contribution in [3.8, 4) is 5.75 Å². The first-order chi connectivity index (χ1) is 9.35. The number of rotatable bonds is 5. The SMILES string of the molecule is CCOc1ccc(C2CCCCCC2CNC)cc1. The molecular weight excluding hydrogens is 234 g/mol. The normalized spacial score (nSPS) is 23.9. The Morgan fingerprint density at radius 3 is 2.53 bits per heavy atom. The Labute approximate surface area is 117 Å². The molecule has 1 N–H and O–H groups in total. The minimum atomic E-state index is 0.714. The van der Waals surface area contributed by atoms with E-state index in [0.717, 1.165) is 24.8 Å². The van der Waals surface area contributed by atoms with E-state index in [-0.39, 0.29) is 0 Å². The van der Waals surface area contributed by atoms with E-state index in [1.165, 1.54) is 37.7 Å². The number of nitrogens with one attached hydrogen (secondary N) is 1. The Bertz CT molecular complexity index is 360. The van der Waals surface area contributed by atoms with Crippen molar-refractivity contribution in [2.45, 2.75) is 44.9 Å². The van der Waals surface area contributed by atoms with Crippen LogP contribution < -0.4 is 10.1 Å². The molecule has 2 heteroatoms. The van der Waals surface area contributed by atoms with Crippen molar-refractivity contribution in [1.29, 1.82) is 0 Å².